The van der Waals surface area contributed by atoms with E-state index in [4.69, 9.17) is 18.5 Å². The third kappa shape index (κ3) is 66.6. The van der Waals surface area contributed by atoms with Crippen LogP contribution < -0.4 is 4.89 Å². The van der Waals surface area contributed by atoms with Gasteiger partial charge >= 0.3 is 11.9 Å². The number of hydrogen-bond donors (Lipinski definition) is 0. The minimum Gasteiger partial charge on any atom is -0.756 e. The summed E-state index contributed by atoms with van der Waals surface area (Å²) >= 11 is 0. The van der Waals surface area contributed by atoms with Crippen molar-refractivity contribution < 1.29 is 42.1 Å². The van der Waals surface area contributed by atoms with Crippen molar-refractivity contribution >= 4 is 19.8 Å². The normalized spacial score (nSPS) is 13.6. The Morgan fingerprint density at radius 1 is 0.390 bits per heavy atom. The summed E-state index contributed by atoms with van der Waals surface area (Å²) in [6, 6.07) is 0. The summed E-state index contributed by atoms with van der Waals surface area (Å²) in [6.45, 7) is 4.15. The first kappa shape index (κ1) is 79.5. The summed E-state index contributed by atoms with van der Waals surface area (Å²) in [7, 11) is 1.16. The third-order valence-electron chi connectivity index (χ3n) is 15.2. The predicted molar refractivity (Wildman–Crippen MR) is 351 cm³/mol. The molecule has 9 nitrogen and oxygen atoms in total. The van der Waals surface area contributed by atoms with Crippen LogP contribution >= 0.6 is 7.82 Å². The van der Waals surface area contributed by atoms with Crippen molar-refractivity contribution in [3.8, 4) is 0 Å². The minimum atomic E-state index is -4.65. The van der Waals surface area contributed by atoms with Crippen molar-refractivity contribution in [2.24, 2.45) is 0 Å². The summed E-state index contributed by atoms with van der Waals surface area (Å²) in [4.78, 5) is 38.0. The van der Waals surface area contributed by atoms with E-state index in [1.807, 2.05) is 21.1 Å². The van der Waals surface area contributed by atoms with Gasteiger partial charge in [-0.15, -0.1) is 0 Å². The van der Waals surface area contributed by atoms with Crippen molar-refractivity contribution in [3.05, 3.63) is 72.9 Å². The zero-order valence-corrected chi connectivity index (χ0v) is 55.3. The van der Waals surface area contributed by atoms with E-state index in [1.54, 1.807) is 0 Å². The monoisotopic (exact) mass is 1170 g/mol. The van der Waals surface area contributed by atoms with E-state index in [-0.39, 0.29) is 32.0 Å². The fourth-order valence-corrected chi connectivity index (χ4v) is 10.6. The van der Waals surface area contributed by atoms with E-state index in [0.29, 0.717) is 17.4 Å². The van der Waals surface area contributed by atoms with Crippen LogP contribution in [0.3, 0.4) is 0 Å². The lowest BCUT2D eigenvalue weighted by Crippen LogP contribution is -2.37. The highest BCUT2D eigenvalue weighted by molar-refractivity contribution is 7.45. The van der Waals surface area contributed by atoms with Crippen molar-refractivity contribution in [2.45, 2.75) is 328 Å². The third-order valence-corrected chi connectivity index (χ3v) is 16.2. The molecule has 10 heteroatoms. The van der Waals surface area contributed by atoms with Crippen LogP contribution in [0, 0.1) is 0 Å². The average Bonchev–Trinajstić information content (AvgIpc) is 3.46. The molecule has 0 saturated carbocycles. The highest BCUT2D eigenvalue weighted by Gasteiger charge is 2.22. The largest absolute Gasteiger partial charge is 0.756 e. The molecule has 2 unspecified atom stereocenters. The van der Waals surface area contributed by atoms with Gasteiger partial charge < -0.3 is 27.9 Å². The number of hydrogen-bond acceptors (Lipinski definition) is 8. The molecule has 0 N–H and O–H groups in total. The highest BCUT2D eigenvalue weighted by Crippen LogP contribution is 2.38. The van der Waals surface area contributed by atoms with E-state index in [0.717, 1.165) is 77.0 Å². The summed E-state index contributed by atoms with van der Waals surface area (Å²) in [5, 5.41) is 0. The molecule has 82 heavy (non-hydrogen) atoms. The molecule has 0 aliphatic carbocycles. The first-order valence-electron chi connectivity index (χ1n) is 34.6. The van der Waals surface area contributed by atoms with Crippen molar-refractivity contribution in [1.82, 2.24) is 0 Å². The topological polar surface area (TPSA) is 111 Å². The standard InChI is InChI=1S/C72H132NO8P/c1-6-8-10-12-14-16-18-20-22-24-26-28-30-31-32-33-34-35-36-37-38-39-40-41-43-44-46-48-50-52-54-56-58-60-62-64-71(74)78-68-70(69-80-82(76,77)79-67-66-73(3,4)5)81-72(75)65-63-61-59-57-55-53-51-49-47-45-42-29-27-25-23-21-19-17-15-13-11-9-7-2/h9,11,15,17,21,23-24,26-27,29,45,47,70H,6-8,10,12-14,16,18-20,22,25,28,30-44,46,48-69H2,1-5H3/b11-9-,17-15-,23-21-,26-24-,29-27-,47-45-. The first-order valence-corrected chi connectivity index (χ1v) is 36.1. The van der Waals surface area contributed by atoms with Gasteiger partial charge in [-0.3, -0.25) is 14.2 Å². The maximum Gasteiger partial charge on any atom is 0.306 e. The lowest BCUT2D eigenvalue weighted by molar-refractivity contribution is -0.870. The molecule has 0 fully saturated rings. The number of carbonyl (C=O) groups excluding carboxylic acids is 2. The van der Waals surface area contributed by atoms with Gasteiger partial charge in [-0.05, 0) is 83.5 Å². The van der Waals surface area contributed by atoms with Gasteiger partial charge in [-0.2, -0.15) is 0 Å². The molecule has 0 heterocycles. The van der Waals surface area contributed by atoms with E-state index >= 15 is 0 Å². The van der Waals surface area contributed by atoms with Crippen LogP contribution in [-0.4, -0.2) is 70.0 Å². The van der Waals surface area contributed by atoms with E-state index in [9.17, 15) is 19.0 Å². The molecule has 0 aromatic heterocycles. The number of phosphoric ester groups is 1. The molecule has 0 saturated heterocycles. The van der Waals surface area contributed by atoms with Gasteiger partial charge in [0.1, 0.15) is 19.8 Å². The van der Waals surface area contributed by atoms with Gasteiger partial charge in [0, 0.05) is 12.8 Å². The molecule has 0 aliphatic rings. The van der Waals surface area contributed by atoms with Crippen LogP contribution in [0.2, 0.25) is 0 Å². The summed E-state index contributed by atoms with van der Waals surface area (Å²) in [6.07, 6.45) is 84.2. The molecule has 0 amide bonds. The molecular weight excluding hydrogens is 1040 g/mol. The number of unbranched alkanes of at least 4 members (excludes halogenated alkanes) is 38. The Labute approximate surface area is 508 Å². The Kier molecular flexibility index (Phi) is 61.0. The fourth-order valence-electron chi connectivity index (χ4n) is 9.92. The molecule has 2 atom stereocenters. The second-order valence-corrected chi connectivity index (χ2v) is 25.9. The van der Waals surface area contributed by atoms with Crippen LogP contribution in [0.1, 0.15) is 322 Å². The summed E-state index contributed by atoms with van der Waals surface area (Å²) < 4.78 is 34.3. The Morgan fingerprint density at radius 3 is 1.05 bits per heavy atom. The number of allylic oxidation sites excluding steroid dienone is 12. The Hall–Kier alpha value is -2.55. The zero-order chi connectivity index (χ0) is 59.8. The fraction of sp³-hybridized carbons (Fsp3) is 0.806. The molecular formula is C72H132NO8P. The SMILES string of the molecule is CC/C=C\C/C=C\C/C=C\C/C=C\C/C=C\CCCCCCCCCC(=O)OC(COC(=O)CCCCCCCCCCCCCCCCCCCCCCCCC/C=C\CCCCCCCCCC)COP(=O)([O-])OCC[N+](C)(C)C. The second-order valence-electron chi connectivity index (χ2n) is 24.5. The number of likely N-dealkylation sites (N-methyl/N-ethyl adjacent to an activating group) is 1. The van der Waals surface area contributed by atoms with Crippen LogP contribution in [0.4, 0.5) is 0 Å². The van der Waals surface area contributed by atoms with Crippen molar-refractivity contribution in [1.29, 1.82) is 0 Å². The smallest absolute Gasteiger partial charge is 0.306 e. The van der Waals surface area contributed by atoms with Crippen molar-refractivity contribution in [3.63, 3.8) is 0 Å². The summed E-state index contributed by atoms with van der Waals surface area (Å²) in [5.74, 6) is -0.836. The lowest BCUT2D eigenvalue weighted by Gasteiger charge is -2.28. The Morgan fingerprint density at radius 2 is 0.695 bits per heavy atom. The molecule has 478 valence electrons. The number of carbonyl (C=O) groups is 2. The van der Waals surface area contributed by atoms with Gasteiger partial charge in [0.25, 0.3) is 7.82 Å². The Balaban J connectivity index is 4.00. The molecule has 0 radical (unpaired) electrons. The number of quaternary nitrogens is 1. The van der Waals surface area contributed by atoms with Gasteiger partial charge in [-0.25, -0.2) is 0 Å². The molecule has 0 aliphatic heterocycles. The maximum atomic E-state index is 12.8. The van der Waals surface area contributed by atoms with E-state index in [1.165, 1.54) is 212 Å². The van der Waals surface area contributed by atoms with E-state index < -0.39 is 26.5 Å². The van der Waals surface area contributed by atoms with Gasteiger partial charge in [-0.1, -0.05) is 299 Å². The second kappa shape index (κ2) is 63.0. The highest BCUT2D eigenvalue weighted by atomic mass is 31.2. The van der Waals surface area contributed by atoms with Crippen LogP contribution in [0.5, 0.6) is 0 Å². The number of phosphoric acid groups is 1. The molecule has 0 aromatic rings. The number of nitrogens with zero attached hydrogens (tertiary/aromatic N) is 1. The van der Waals surface area contributed by atoms with Crippen LogP contribution in [0.25, 0.3) is 0 Å². The number of ether oxygens (including phenoxy) is 2. The predicted octanol–water partition coefficient (Wildman–Crippen LogP) is 21.8. The number of esters is 2. The minimum absolute atomic E-state index is 0.0347. The van der Waals surface area contributed by atoms with E-state index in [2.05, 4.69) is 86.8 Å². The molecule has 0 rings (SSSR count). The quantitative estimate of drug-likeness (QED) is 0.0195. The van der Waals surface area contributed by atoms with Crippen LogP contribution in [0.15, 0.2) is 72.9 Å². The molecule has 0 aromatic carbocycles. The van der Waals surface area contributed by atoms with Crippen molar-refractivity contribution in [2.75, 3.05) is 47.5 Å². The molecule has 0 bridgehead atoms. The lowest BCUT2D eigenvalue weighted by atomic mass is 10.0. The average molecular weight is 1170 g/mol. The number of rotatable bonds is 64. The van der Waals surface area contributed by atoms with Gasteiger partial charge in [0.05, 0.1) is 27.7 Å². The zero-order valence-electron chi connectivity index (χ0n) is 54.4. The molecule has 0 spiro atoms. The Bertz CT molecular complexity index is 1610. The first-order chi connectivity index (χ1) is 40.0. The van der Waals surface area contributed by atoms with Crippen LogP contribution in [-0.2, 0) is 32.7 Å². The van der Waals surface area contributed by atoms with Gasteiger partial charge in [0.15, 0.2) is 6.10 Å². The van der Waals surface area contributed by atoms with Gasteiger partial charge in [0.2, 0.25) is 0 Å². The maximum absolute atomic E-state index is 12.8. The summed E-state index contributed by atoms with van der Waals surface area (Å²) in [5.41, 5.74) is 0.